The van der Waals surface area contributed by atoms with Crippen molar-refractivity contribution in [2.24, 2.45) is 5.92 Å². The predicted molar refractivity (Wildman–Crippen MR) is 89.2 cm³/mol. The van der Waals surface area contributed by atoms with E-state index < -0.39 is 0 Å². The summed E-state index contributed by atoms with van der Waals surface area (Å²) in [7, 11) is 0. The molecular weight excluding hydrogens is 330 g/mol. The van der Waals surface area contributed by atoms with E-state index in [2.05, 4.69) is 29.8 Å². The van der Waals surface area contributed by atoms with Gasteiger partial charge in [-0.3, -0.25) is 4.79 Å². The van der Waals surface area contributed by atoms with Gasteiger partial charge in [-0.2, -0.15) is 0 Å². The van der Waals surface area contributed by atoms with Crippen LogP contribution in [0.2, 0.25) is 0 Å². The number of benzene rings is 1. The lowest BCUT2D eigenvalue weighted by Gasteiger charge is -2.34. The first-order valence-electron chi connectivity index (χ1n) is 7.78. The molecule has 0 N–H and O–H groups in total. The Labute approximate surface area is 135 Å². The zero-order chi connectivity index (χ0) is 15.2. The van der Waals surface area contributed by atoms with Gasteiger partial charge >= 0.3 is 0 Å². The number of alkyl halides is 1. The van der Waals surface area contributed by atoms with E-state index in [1.165, 1.54) is 0 Å². The fraction of sp³-hybridized carbons (Fsp3) is 0.588. The van der Waals surface area contributed by atoms with Crippen LogP contribution in [0.3, 0.4) is 0 Å². The van der Waals surface area contributed by atoms with Gasteiger partial charge in [0, 0.05) is 23.5 Å². The highest BCUT2D eigenvalue weighted by Crippen LogP contribution is 2.24. The number of halogens is 1. The third-order valence-corrected chi connectivity index (χ3v) is 5.32. The van der Waals surface area contributed by atoms with Crippen molar-refractivity contribution in [3.63, 3.8) is 0 Å². The molecule has 2 unspecified atom stereocenters. The number of piperidine rings is 1. The number of likely N-dealkylation sites (tertiary alicyclic amines) is 1. The lowest BCUT2D eigenvalue weighted by atomic mass is 9.99. The lowest BCUT2D eigenvalue weighted by molar-refractivity contribution is 0.0690. The van der Waals surface area contributed by atoms with E-state index in [9.17, 15) is 4.79 Å². The summed E-state index contributed by atoms with van der Waals surface area (Å²) in [5.41, 5.74) is 0.748. The average Bonchev–Trinajstić information content (AvgIpc) is 2.50. The molecule has 1 aliphatic rings. The first-order valence-corrected chi connectivity index (χ1v) is 8.69. The molecule has 21 heavy (non-hydrogen) atoms. The minimum absolute atomic E-state index is 0.126. The van der Waals surface area contributed by atoms with Crippen molar-refractivity contribution in [3.8, 4) is 5.75 Å². The Balaban J connectivity index is 1.93. The topological polar surface area (TPSA) is 29.5 Å². The summed E-state index contributed by atoms with van der Waals surface area (Å²) in [5, 5.41) is 0. The summed E-state index contributed by atoms with van der Waals surface area (Å²) in [6.45, 7) is 6.71. The van der Waals surface area contributed by atoms with Crippen LogP contribution in [0.5, 0.6) is 5.75 Å². The van der Waals surface area contributed by atoms with E-state index >= 15 is 0 Å². The van der Waals surface area contributed by atoms with Gasteiger partial charge in [-0.1, -0.05) is 36.2 Å². The van der Waals surface area contributed by atoms with Crippen molar-refractivity contribution in [3.05, 3.63) is 29.8 Å². The molecule has 0 bridgehead atoms. The third kappa shape index (κ3) is 4.47. The maximum absolute atomic E-state index is 12.5. The van der Waals surface area contributed by atoms with Crippen LogP contribution >= 0.6 is 15.9 Å². The number of carbonyl (C=O) groups is 1. The van der Waals surface area contributed by atoms with Gasteiger partial charge in [0.2, 0.25) is 0 Å². The Morgan fingerprint density at radius 2 is 2.10 bits per heavy atom. The third-order valence-electron chi connectivity index (χ3n) is 3.96. The van der Waals surface area contributed by atoms with Crippen molar-refractivity contribution < 1.29 is 9.53 Å². The minimum Gasteiger partial charge on any atom is -0.494 e. The molecule has 0 radical (unpaired) electrons. The first kappa shape index (κ1) is 16.3. The summed E-state index contributed by atoms with van der Waals surface area (Å²) in [6.07, 6.45) is 3.20. The van der Waals surface area contributed by atoms with Crippen molar-refractivity contribution >= 4 is 21.8 Å². The second-order valence-corrected chi connectivity index (χ2v) is 6.94. The van der Waals surface area contributed by atoms with E-state index in [-0.39, 0.29) is 5.91 Å². The number of amides is 1. The van der Waals surface area contributed by atoms with Crippen molar-refractivity contribution in [2.45, 2.75) is 37.9 Å². The quantitative estimate of drug-likeness (QED) is 0.588. The number of carbonyl (C=O) groups excluding carboxylic acids is 1. The Bertz CT molecular complexity index is 460. The second-order valence-electron chi connectivity index (χ2n) is 5.76. The smallest absolute Gasteiger partial charge is 0.253 e. The monoisotopic (exact) mass is 353 g/mol. The number of ether oxygens (including phenoxy) is 1. The van der Waals surface area contributed by atoms with Gasteiger partial charge in [-0.05, 0) is 43.0 Å². The van der Waals surface area contributed by atoms with Crippen LogP contribution < -0.4 is 4.74 Å². The number of rotatable bonds is 5. The normalized spacial score (nSPS) is 22.1. The van der Waals surface area contributed by atoms with Crippen LogP contribution in [-0.2, 0) is 0 Å². The molecule has 3 nitrogen and oxygen atoms in total. The van der Waals surface area contributed by atoms with E-state index in [1.54, 1.807) is 0 Å². The van der Waals surface area contributed by atoms with E-state index in [0.29, 0.717) is 10.7 Å². The van der Waals surface area contributed by atoms with Gasteiger partial charge in [0.15, 0.2) is 0 Å². The molecule has 1 fully saturated rings. The molecule has 1 saturated heterocycles. The molecule has 1 aliphatic heterocycles. The largest absolute Gasteiger partial charge is 0.494 e. The predicted octanol–water partition coefficient (Wildman–Crippen LogP) is 4.11. The van der Waals surface area contributed by atoms with Crippen molar-refractivity contribution in [1.82, 2.24) is 4.90 Å². The highest BCUT2D eigenvalue weighted by Gasteiger charge is 2.27. The van der Waals surface area contributed by atoms with Gasteiger partial charge in [0.05, 0.1) is 6.61 Å². The number of unbranched alkanes of at least 4 members (excludes halogenated alkanes) is 1. The number of hydrogen-bond donors (Lipinski definition) is 0. The van der Waals surface area contributed by atoms with Crippen molar-refractivity contribution in [1.29, 1.82) is 0 Å². The summed E-state index contributed by atoms with van der Waals surface area (Å²) in [4.78, 5) is 15.0. The van der Waals surface area contributed by atoms with Crippen molar-refractivity contribution in [2.75, 3.05) is 19.7 Å². The maximum Gasteiger partial charge on any atom is 0.253 e. The highest BCUT2D eigenvalue weighted by molar-refractivity contribution is 9.09. The Morgan fingerprint density at radius 3 is 2.71 bits per heavy atom. The summed E-state index contributed by atoms with van der Waals surface area (Å²) < 4.78 is 5.63. The number of nitrogens with zero attached hydrogens (tertiary/aromatic N) is 1. The standard InChI is InChI=1S/C17H24BrNO2/c1-3-4-11-21-15-7-5-14(6-8-15)17(20)19-10-9-16(18)13(2)12-19/h5-8,13,16H,3-4,9-12H2,1-2H3. The molecule has 2 atom stereocenters. The number of hydrogen-bond acceptors (Lipinski definition) is 2. The van der Waals surface area contributed by atoms with Gasteiger partial charge in [-0.25, -0.2) is 0 Å². The Morgan fingerprint density at radius 1 is 1.38 bits per heavy atom. The fourth-order valence-corrected chi connectivity index (χ4v) is 2.88. The molecular formula is C17H24BrNO2. The van der Waals surface area contributed by atoms with Crippen LogP contribution in [0.4, 0.5) is 0 Å². The van der Waals surface area contributed by atoms with Gasteiger partial charge < -0.3 is 9.64 Å². The SMILES string of the molecule is CCCCOc1ccc(C(=O)N2CCC(Br)C(C)C2)cc1. The van der Waals surface area contributed by atoms with Crippen LogP contribution in [0.15, 0.2) is 24.3 Å². The Hall–Kier alpha value is -1.03. The molecule has 0 aromatic heterocycles. The van der Waals surface area contributed by atoms with E-state index in [4.69, 9.17) is 4.74 Å². The van der Waals surface area contributed by atoms with Crippen LogP contribution in [0.25, 0.3) is 0 Å². The summed E-state index contributed by atoms with van der Waals surface area (Å²) in [6, 6.07) is 7.52. The summed E-state index contributed by atoms with van der Waals surface area (Å²) >= 11 is 3.67. The fourth-order valence-electron chi connectivity index (χ4n) is 2.51. The minimum atomic E-state index is 0.126. The second kappa shape index (κ2) is 7.83. The molecule has 4 heteroatoms. The first-order chi connectivity index (χ1) is 10.1. The summed E-state index contributed by atoms with van der Waals surface area (Å²) in [5.74, 6) is 1.47. The zero-order valence-electron chi connectivity index (χ0n) is 12.8. The molecule has 2 rings (SSSR count). The molecule has 116 valence electrons. The van der Waals surface area contributed by atoms with Crippen LogP contribution in [0.1, 0.15) is 43.5 Å². The van der Waals surface area contributed by atoms with E-state index in [1.807, 2.05) is 29.2 Å². The maximum atomic E-state index is 12.5. The van der Waals surface area contributed by atoms with Gasteiger partial charge in [0.25, 0.3) is 5.91 Å². The molecule has 0 spiro atoms. The lowest BCUT2D eigenvalue weighted by Crippen LogP contribution is -2.43. The Kier molecular flexibility index (Phi) is 6.09. The molecule has 0 aliphatic carbocycles. The van der Waals surface area contributed by atoms with E-state index in [0.717, 1.165) is 50.3 Å². The van der Waals surface area contributed by atoms with Crippen LogP contribution in [0, 0.1) is 5.92 Å². The molecule has 1 amide bonds. The highest BCUT2D eigenvalue weighted by atomic mass is 79.9. The molecule has 1 aromatic rings. The van der Waals surface area contributed by atoms with Gasteiger partial charge in [0.1, 0.15) is 5.75 Å². The average molecular weight is 354 g/mol. The molecule has 0 saturated carbocycles. The van der Waals surface area contributed by atoms with Crippen LogP contribution in [-0.4, -0.2) is 35.3 Å². The van der Waals surface area contributed by atoms with Gasteiger partial charge in [-0.15, -0.1) is 0 Å². The molecule has 1 aromatic carbocycles. The molecule has 1 heterocycles. The zero-order valence-corrected chi connectivity index (χ0v) is 14.4.